The third kappa shape index (κ3) is 3.40. The molecule has 8 heteroatoms. The normalized spacial score (nSPS) is 11.5. The molecule has 1 aromatic heterocycles. The fourth-order valence-electron chi connectivity index (χ4n) is 1.79. The van der Waals surface area contributed by atoms with Crippen molar-refractivity contribution < 1.29 is 27.8 Å². The summed E-state index contributed by atoms with van der Waals surface area (Å²) in [5, 5.41) is 9.02. The standard InChI is InChI=1S/C14H11F3N2O3/c1-22-7-11-10(13(20)21)6-18-12(19-11)8-2-4-9(5-3-8)14(15,16)17/h2-6H,7H2,1H3,(H,20,21). The second-order valence-electron chi connectivity index (χ2n) is 4.37. The summed E-state index contributed by atoms with van der Waals surface area (Å²) in [6.07, 6.45) is -3.32. The van der Waals surface area contributed by atoms with Crippen LogP contribution in [0.5, 0.6) is 0 Å². The summed E-state index contributed by atoms with van der Waals surface area (Å²) in [6.45, 7) is -0.0439. The van der Waals surface area contributed by atoms with E-state index in [-0.39, 0.29) is 23.7 Å². The minimum Gasteiger partial charge on any atom is -0.478 e. The van der Waals surface area contributed by atoms with Crippen molar-refractivity contribution >= 4 is 5.97 Å². The molecule has 0 aliphatic rings. The average Bonchev–Trinajstić information content (AvgIpc) is 2.46. The maximum absolute atomic E-state index is 12.5. The topological polar surface area (TPSA) is 72.3 Å². The van der Waals surface area contributed by atoms with Crippen LogP contribution in [0.25, 0.3) is 11.4 Å². The van der Waals surface area contributed by atoms with Crippen LogP contribution in [0.1, 0.15) is 21.6 Å². The van der Waals surface area contributed by atoms with Gasteiger partial charge in [0.15, 0.2) is 5.82 Å². The molecule has 116 valence electrons. The van der Waals surface area contributed by atoms with E-state index in [0.717, 1.165) is 18.3 Å². The molecule has 0 saturated carbocycles. The highest BCUT2D eigenvalue weighted by molar-refractivity contribution is 5.88. The molecule has 2 rings (SSSR count). The van der Waals surface area contributed by atoms with Crippen LogP contribution in [0, 0.1) is 0 Å². The van der Waals surface area contributed by atoms with Gasteiger partial charge in [0.05, 0.1) is 17.9 Å². The number of carbonyl (C=O) groups is 1. The molecule has 0 aliphatic carbocycles. The number of methoxy groups -OCH3 is 1. The smallest absolute Gasteiger partial charge is 0.416 e. The van der Waals surface area contributed by atoms with Gasteiger partial charge in [0.1, 0.15) is 5.56 Å². The highest BCUT2D eigenvalue weighted by Crippen LogP contribution is 2.30. The number of alkyl halides is 3. The van der Waals surface area contributed by atoms with Gasteiger partial charge < -0.3 is 9.84 Å². The summed E-state index contributed by atoms with van der Waals surface area (Å²) < 4.78 is 42.4. The summed E-state index contributed by atoms with van der Waals surface area (Å²) >= 11 is 0. The number of rotatable bonds is 4. The Morgan fingerprint density at radius 1 is 1.27 bits per heavy atom. The van der Waals surface area contributed by atoms with Crippen molar-refractivity contribution in [2.75, 3.05) is 7.11 Å². The Labute approximate surface area is 123 Å². The Hall–Kier alpha value is -2.48. The van der Waals surface area contributed by atoms with Crippen molar-refractivity contribution in [1.82, 2.24) is 9.97 Å². The first-order valence-corrected chi connectivity index (χ1v) is 6.08. The monoisotopic (exact) mass is 312 g/mol. The molecular weight excluding hydrogens is 301 g/mol. The van der Waals surface area contributed by atoms with Crippen LogP contribution in [0.4, 0.5) is 13.2 Å². The molecule has 0 saturated heterocycles. The van der Waals surface area contributed by atoms with Crippen LogP contribution in [-0.2, 0) is 17.5 Å². The van der Waals surface area contributed by atoms with Crippen molar-refractivity contribution in [3.63, 3.8) is 0 Å². The summed E-state index contributed by atoms with van der Waals surface area (Å²) in [6, 6.07) is 4.30. The van der Waals surface area contributed by atoms with Crippen molar-refractivity contribution in [1.29, 1.82) is 0 Å². The molecule has 0 unspecified atom stereocenters. The third-order valence-corrected chi connectivity index (χ3v) is 2.85. The lowest BCUT2D eigenvalue weighted by Crippen LogP contribution is -2.08. The molecule has 0 aliphatic heterocycles. The van der Waals surface area contributed by atoms with Gasteiger partial charge in [0, 0.05) is 18.9 Å². The lowest BCUT2D eigenvalue weighted by Gasteiger charge is -2.09. The van der Waals surface area contributed by atoms with Gasteiger partial charge in [-0.1, -0.05) is 12.1 Å². The molecule has 1 N–H and O–H groups in total. The first kappa shape index (κ1) is 15.9. The van der Waals surface area contributed by atoms with E-state index < -0.39 is 17.7 Å². The second-order valence-corrected chi connectivity index (χ2v) is 4.37. The molecule has 2 aromatic rings. The summed E-state index contributed by atoms with van der Waals surface area (Å²) in [4.78, 5) is 19.0. The predicted octanol–water partition coefficient (Wildman–Crippen LogP) is 3.01. The molecule has 0 fully saturated rings. The number of carboxylic acid groups (broad SMARTS) is 1. The van der Waals surface area contributed by atoms with Gasteiger partial charge in [-0.25, -0.2) is 14.8 Å². The van der Waals surface area contributed by atoms with E-state index in [1.54, 1.807) is 0 Å². The van der Waals surface area contributed by atoms with Gasteiger partial charge in [-0.2, -0.15) is 13.2 Å². The molecule has 0 radical (unpaired) electrons. The SMILES string of the molecule is COCc1nc(-c2ccc(C(F)(F)F)cc2)ncc1C(=O)O. The van der Waals surface area contributed by atoms with Crippen molar-refractivity contribution in [2.45, 2.75) is 12.8 Å². The fraction of sp³-hybridized carbons (Fsp3) is 0.214. The Kier molecular flexibility index (Phi) is 4.41. The van der Waals surface area contributed by atoms with Crippen LogP contribution < -0.4 is 0 Å². The lowest BCUT2D eigenvalue weighted by atomic mass is 10.1. The molecule has 0 spiro atoms. The largest absolute Gasteiger partial charge is 0.478 e. The van der Waals surface area contributed by atoms with E-state index in [0.29, 0.717) is 5.56 Å². The highest BCUT2D eigenvalue weighted by atomic mass is 19.4. The summed E-state index contributed by atoms with van der Waals surface area (Å²) in [7, 11) is 1.38. The van der Waals surface area contributed by atoms with E-state index in [2.05, 4.69) is 9.97 Å². The summed E-state index contributed by atoms with van der Waals surface area (Å²) in [5.41, 5.74) is -0.393. The zero-order chi connectivity index (χ0) is 16.3. The Morgan fingerprint density at radius 2 is 1.91 bits per heavy atom. The van der Waals surface area contributed by atoms with Gasteiger partial charge in [-0.3, -0.25) is 0 Å². The fourth-order valence-corrected chi connectivity index (χ4v) is 1.79. The van der Waals surface area contributed by atoms with Crippen LogP contribution in [0.3, 0.4) is 0 Å². The summed E-state index contributed by atoms with van der Waals surface area (Å²) in [5.74, 6) is -1.07. The third-order valence-electron chi connectivity index (χ3n) is 2.85. The average molecular weight is 312 g/mol. The first-order valence-electron chi connectivity index (χ1n) is 6.08. The number of hydrogen-bond acceptors (Lipinski definition) is 4. The molecule has 22 heavy (non-hydrogen) atoms. The number of nitrogens with zero attached hydrogens (tertiary/aromatic N) is 2. The number of aromatic carboxylic acids is 1. The van der Waals surface area contributed by atoms with E-state index in [1.165, 1.54) is 19.2 Å². The molecule has 0 bridgehead atoms. The molecule has 1 heterocycles. The lowest BCUT2D eigenvalue weighted by molar-refractivity contribution is -0.137. The zero-order valence-electron chi connectivity index (χ0n) is 11.4. The van der Waals surface area contributed by atoms with Gasteiger partial charge in [-0.05, 0) is 12.1 Å². The van der Waals surface area contributed by atoms with Crippen molar-refractivity contribution in [3.8, 4) is 11.4 Å². The van der Waals surface area contributed by atoms with E-state index in [1.807, 2.05) is 0 Å². The van der Waals surface area contributed by atoms with Crippen LogP contribution in [0.15, 0.2) is 30.5 Å². The van der Waals surface area contributed by atoms with E-state index >= 15 is 0 Å². The van der Waals surface area contributed by atoms with Gasteiger partial charge in [-0.15, -0.1) is 0 Å². The molecular formula is C14H11F3N2O3. The maximum Gasteiger partial charge on any atom is 0.416 e. The van der Waals surface area contributed by atoms with E-state index in [9.17, 15) is 18.0 Å². The quantitative estimate of drug-likeness (QED) is 0.939. The number of ether oxygens (including phenoxy) is 1. The highest BCUT2D eigenvalue weighted by Gasteiger charge is 2.30. The molecule has 0 atom stereocenters. The minimum absolute atomic E-state index is 0.0439. The van der Waals surface area contributed by atoms with Crippen LogP contribution in [-0.4, -0.2) is 28.2 Å². The Bertz CT molecular complexity index is 685. The molecule has 0 amide bonds. The minimum atomic E-state index is -4.42. The second kappa shape index (κ2) is 6.10. The van der Waals surface area contributed by atoms with Gasteiger partial charge >= 0.3 is 12.1 Å². The van der Waals surface area contributed by atoms with E-state index in [4.69, 9.17) is 9.84 Å². The molecule has 5 nitrogen and oxygen atoms in total. The van der Waals surface area contributed by atoms with Gasteiger partial charge in [0.25, 0.3) is 0 Å². The maximum atomic E-state index is 12.5. The van der Waals surface area contributed by atoms with Crippen LogP contribution >= 0.6 is 0 Å². The zero-order valence-corrected chi connectivity index (χ0v) is 11.4. The van der Waals surface area contributed by atoms with Crippen molar-refractivity contribution in [2.24, 2.45) is 0 Å². The Balaban J connectivity index is 2.40. The number of benzene rings is 1. The first-order chi connectivity index (χ1) is 10.3. The van der Waals surface area contributed by atoms with Crippen molar-refractivity contribution in [3.05, 3.63) is 47.3 Å². The van der Waals surface area contributed by atoms with Gasteiger partial charge in [0.2, 0.25) is 0 Å². The Morgan fingerprint density at radius 3 is 2.41 bits per heavy atom. The number of hydrogen-bond donors (Lipinski definition) is 1. The van der Waals surface area contributed by atoms with Crippen LogP contribution in [0.2, 0.25) is 0 Å². The number of halogens is 3. The molecule has 1 aromatic carbocycles. The number of aromatic nitrogens is 2. The predicted molar refractivity (Wildman–Crippen MR) is 70.1 cm³/mol. The number of carboxylic acids is 1.